The predicted molar refractivity (Wildman–Crippen MR) is 50.2 cm³/mol. The van der Waals surface area contributed by atoms with Gasteiger partial charge >= 0.3 is 0 Å². The molecule has 0 heterocycles. The smallest absolute Gasteiger partial charge is 0.117 e. The van der Waals surface area contributed by atoms with Crippen LogP contribution in [0.25, 0.3) is 0 Å². The van der Waals surface area contributed by atoms with E-state index in [1.54, 1.807) is 0 Å². The van der Waals surface area contributed by atoms with Gasteiger partial charge in [0.15, 0.2) is 0 Å². The second kappa shape index (κ2) is 6.24. The lowest BCUT2D eigenvalue weighted by Gasteiger charge is -2.05. The molecule has 1 N–H and O–H groups in total. The van der Waals surface area contributed by atoms with Gasteiger partial charge in [0.05, 0.1) is 0 Å². The molecule has 0 aromatic rings. The average molecular weight is 156 g/mol. The van der Waals surface area contributed by atoms with Gasteiger partial charge in [-0.05, 0) is 5.92 Å². The van der Waals surface area contributed by atoms with Crippen LogP contribution in [0.3, 0.4) is 0 Å². The molecule has 0 saturated carbocycles. The molecule has 0 aromatic carbocycles. The minimum Gasteiger partial charge on any atom is -0.380 e. The van der Waals surface area contributed by atoms with Crippen molar-refractivity contribution in [1.82, 2.24) is 0 Å². The molecule has 0 bridgehead atoms. The van der Waals surface area contributed by atoms with Gasteiger partial charge in [-0.3, -0.25) is 0 Å². The molecule has 1 nitrogen and oxygen atoms in total. The summed E-state index contributed by atoms with van der Waals surface area (Å²) in [7, 11) is 0. The van der Waals surface area contributed by atoms with E-state index in [0.29, 0.717) is 5.92 Å². The van der Waals surface area contributed by atoms with Crippen LogP contribution in [0.15, 0.2) is 0 Å². The summed E-state index contributed by atoms with van der Waals surface area (Å²) in [5, 5.41) is 9.20. The Kier molecular flexibility index (Phi) is 7.46. The third-order valence-electron chi connectivity index (χ3n) is 1.15. The van der Waals surface area contributed by atoms with Crippen LogP contribution in [0.4, 0.5) is 0 Å². The molecule has 1 unspecified atom stereocenters. The van der Waals surface area contributed by atoms with Crippen molar-refractivity contribution in [2.45, 2.75) is 41.2 Å². The minimum atomic E-state index is -0.456. The standard InChI is InChI=1S/C9H16O.CH4/c1-7(2)5-6-9(10)8(3)4;/h7-10H,1-4H3;1H4. The van der Waals surface area contributed by atoms with E-state index in [-0.39, 0.29) is 13.3 Å². The molecule has 0 spiro atoms. The van der Waals surface area contributed by atoms with E-state index in [1.165, 1.54) is 0 Å². The zero-order valence-electron chi connectivity index (χ0n) is 7.18. The second-order valence-corrected chi connectivity index (χ2v) is 3.13. The molecule has 0 rings (SSSR count). The molecule has 0 saturated heterocycles. The molecule has 11 heavy (non-hydrogen) atoms. The van der Waals surface area contributed by atoms with Crippen molar-refractivity contribution in [3.05, 3.63) is 0 Å². The van der Waals surface area contributed by atoms with Crippen LogP contribution < -0.4 is 0 Å². The Morgan fingerprint density at radius 1 is 1.00 bits per heavy atom. The zero-order valence-corrected chi connectivity index (χ0v) is 7.18. The van der Waals surface area contributed by atoms with E-state index >= 15 is 0 Å². The third-order valence-corrected chi connectivity index (χ3v) is 1.15. The van der Waals surface area contributed by atoms with Crippen LogP contribution in [-0.4, -0.2) is 11.2 Å². The number of hydrogen-bond donors (Lipinski definition) is 1. The highest BCUT2D eigenvalue weighted by Crippen LogP contribution is 1.99. The predicted octanol–water partition coefficient (Wildman–Crippen LogP) is 2.30. The molecule has 66 valence electrons. The lowest BCUT2D eigenvalue weighted by molar-refractivity contribution is 0.181. The van der Waals surface area contributed by atoms with Crippen molar-refractivity contribution in [1.29, 1.82) is 0 Å². The van der Waals surface area contributed by atoms with E-state index in [1.807, 2.05) is 27.7 Å². The fourth-order valence-electron chi connectivity index (χ4n) is 0.419. The Balaban J connectivity index is 0. The first-order valence-corrected chi connectivity index (χ1v) is 3.73. The first-order valence-electron chi connectivity index (χ1n) is 3.73. The van der Waals surface area contributed by atoms with Crippen LogP contribution in [-0.2, 0) is 0 Å². The lowest BCUT2D eigenvalue weighted by Crippen LogP contribution is -2.11. The number of hydrogen-bond acceptors (Lipinski definition) is 1. The Morgan fingerprint density at radius 3 is 1.73 bits per heavy atom. The first kappa shape index (κ1) is 13.1. The Hall–Kier alpha value is -0.480. The van der Waals surface area contributed by atoms with E-state index < -0.39 is 6.10 Å². The summed E-state index contributed by atoms with van der Waals surface area (Å²) in [6.07, 6.45) is -0.456. The van der Waals surface area contributed by atoms with Crippen LogP contribution in [0, 0.1) is 23.7 Å². The average Bonchev–Trinajstić information content (AvgIpc) is 1.82. The van der Waals surface area contributed by atoms with Crippen molar-refractivity contribution >= 4 is 0 Å². The molecular weight excluding hydrogens is 136 g/mol. The fraction of sp³-hybridized carbons (Fsp3) is 0.800. The van der Waals surface area contributed by atoms with Gasteiger partial charge in [0.1, 0.15) is 6.10 Å². The zero-order chi connectivity index (χ0) is 8.15. The normalized spacial score (nSPS) is 11.9. The lowest BCUT2D eigenvalue weighted by atomic mass is 10.1. The molecule has 1 atom stereocenters. The van der Waals surface area contributed by atoms with E-state index in [0.717, 1.165) is 0 Å². The summed E-state index contributed by atoms with van der Waals surface area (Å²) >= 11 is 0. The molecular formula is C10H20O. The van der Waals surface area contributed by atoms with Crippen molar-refractivity contribution in [2.75, 3.05) is 0 Å². The maximum atomic E-state index is 9.20. The summed E-state index contributed by atoms with van der Waals surface area (Å²) in [5.41, 5.74) is 0. The topological polar surface area (TPSA) is 20.2 Å². The van der Waals surface area contributed by atoms with E-state index in [4.69, 9.17) is 0 Å². The van der Waals surface area contributed by atoms with Crippen LogP contribution in [0.1, 0.15) is 35.1 Å². The van der Waals surface area contributed by atoms with E-state index in [2.05, 4.69) is 11.8 Å². The summed E-state index contributed by atoms with van der Waals surface area (Å²) < 4.78 is 0. The number of aliphatic hydroxyl groups excluding tert-OH is 1. The monoisotopic (exact) mass is 156 g/mol. The number of aliphatic hydroxyl groups is 1. The molecule has 0 radical (unpaired) electrons. The highest BCUT2D eigenvalue weighted by Gasteiger charge is 2.03. The van der Waals surface area contributed by atoms with Crippen molar-refractivity contribution < 1.29 is 5.11 Å². The molecule has 0 fully saturated rings. The quantitative estimate of drug-likeness (QED) is 0.577. The first-order chi connectivity index (χ1) is 4.54. The SMILES string of the molecule is C.CC(C)C#CC(O)C(C)C. The Bertz CT molecular complexity index is 137. The fourth-order valence-corrected chi connectivity index (χ4v) is 0.419. The Morgan fingerprint density at radius 2 is 1.45 bits per heavy atom. The van der Waals surface area contributed by atoms with Gasteiger partial charge in [0.2, 0.25) is 0 Å². The summed E-state index contributed by atoms with van der Waals surface area (Å²) in [5.74, 6) is 6.31. The van der Waals surface area contributed by atoms with Gasteiger partial charge in [-0.1, -0.05) is 47.0 Å². The van der Waals surface area contributed by atoms with Crippen LogP contribution in [0.2, 0.25) is 0 Å². The molecule has 0 aromatic heterocycles. The van der Waals surface area contributed by atoms with Crippen molar-refractivity contribution in [3.8, 4) is 11.8 Å². The van der Waals surface area contributed by atoms with Crippen molar-refractivity contribution in [2.24, 2.45) is 11.8 Å². The molecule has 1 heteroatoms. The van der Waals surface area contributed by atoms with Gasteiger partial charge in [-0.15, -0.1) is 0 Å². The van der Waals surface area contributed by atoms with Gasteiger partial charge in [0, 0.05) is 5.92 Å². The van der Waals surface area contributed by atoms with Gasteiger partial charge < -0.3 is 5.11 Å². The molecule has 0 aliphatic carbocycles. The Labute approximate surface area is 70.8 Å². The second-order valence-electron chi connectivity index (χ2n) is 3.13. The van der Waals surface area contributed by atoms with Gasteiger partial charge in [-0.2, -0.15) is 0 Å². The third kappa shape index (κ3) is 7.42. The number of rotatable bonds is 1. The van der Waals surface area contributed by atoms with E-state index in [9.17, 15) is 5.11 Å². The summed E-state index contributed by atoms with van der Waals surface area (Å²) in [6, 6.07) is 0. The summed E-state index contributed by atoms with van der Waals surface area (Å²) in [6.45, 7) is 7.94. The minimum absolute atomic E-state index is 0. The van der Waals surface area contributed by atoms with Gasteiger partial charge in [-0.25, -0.2) is 0 Å². The highest BCUT2D eigenvalue weighted by molar-refractivity contribution is 5.06. The summed E-state index contributed by atoms with van der Waals surface area (Å²) in [4.78, 5) is 0. The maximum absolute atomic E-state index is 9.20. The highest BCUT2D eigenvalue weighted by atomic mass is 16.3. The van der Waals surface area contributed by atoms with Gasteiger partial charge in [0.25, 0.3) is 0 Å². The molecule has 0 amide bonds. The van der Waals surface area contributed by atoms with Crippen molar-refractivity contribution in [3.63, 3.8) is 0 Å². The molecule has 0 aliphatic heterocycles. The van der Waals surface area contributed by atoms with Crippen LogP contribution in [0.5, 0.6) is 0 Å². The van der Waals surface area contributed by atoms with Crippen LogP contribution >= 0.6 is 0 Å². The maximum Gasteiger partial charge on any atom is 0.117 e. The largest absolute Gasteiger partial charge is 0.380 e. The molecule has 0 aliphatic rings.